The molecule has 1 fully saturated rings. The van der Waals surface area contributed by atoms with Gasteiger partial charge in [0.2, 0.25) is 5.88 Å². The van der Waals surface area contributed by atoms with E-state index in [0.29, 0.717) is 30.7 Å². The zero-order valence-corrected chi connectivity index (χ0v) is 16.5. The summed E-state index contributed by atoms with van der Waals surface area (Å²) < 4.78 is 17.0. The van der Waals surface area contributed by atoms with Gasteiger partial charge in [0.15, 0.2) is 5.96 Å². The number of nitrogens with one attached hydrogen (secondary N) is 1. The number of hydrogen-bond acceptors (Lipinski definition) is 5. The third kappa shape index (κ3) is 5.71. The van der Waals surface area contributed by atoms with Gasteiger partial charge in [-0.1, -0.05) is 24.3 Å². The quantitative estimate of drug-likeness (QED) is 0.457. The molecule has 2 aromatic carbocycles. The number of hydrogen-bond donors (Lipinski definition) is 2. The fraction of sp³-hybridized carbons (Fsp3) is 0.217. The van der Waals surface area contributed by atoms with Crippen molar-refractivity contribution in [3.63, 3.8) is 0 Å². The van der Waals surface area contributed by atoms with Crippen molar-refractivity contribution in [1.29, 1.82) is 0 Å². The van der Waals surface area contributed by atoms with E-state index in [4.69, 9.17) is 19.9 Å². The lowest BCUT2D eigenvalue weighted by atomic mass is 10.2. The van der Waals surface area contributed by atoms with E-state index in [9.17, 15) is 0 Å². The van der Waals surface area contributed by atoms with Gasteiger partial charge in [0.05, 0.1) is 19.8 Å². The summed E-state index contributed by atoms with van der Waals surface area (Å²) in [5.41, 5.74) is 7.82. The molecule has 0 bridgehead atoms. The van der Waals surface area contributed by atoms with Gasteiger partial charge in [-0.3, -0.25) is 0 Å². The third-order valence-electron chi connectivity index (χ3n) is 4.49. The van der Waals surface area contributed by atoms with Crippen molar-refractivity contribution in [1.82, 2.24) is 4.98 Å². The Labute approximate surface area is 175 Å². The van der Waals surface area contributed by atoms with E-state index in [2.05, 4.69) is 15.3 Å². The number of pyridine rings is 1. The van der Waals surface area contributed by atoms with Gasteiger partial charge in [0.1, 0.15) is 17.6 Å². The monoisotopic (exact) mass is 404 g/mol. The Morgan fingerprint density at radius 1 is 1.10 bits per heavy atom. The second kappa shape index (κ2) is 9.76. The Kier molecular flexibility index (Phi) is 6.41. The highest BCUT2D eigenvalue weighted by Gasteiger charge is 2.17. The first-order valence-corrected chi connectivity index (χ1v) is 9.84. The van der Waals surface area contributed by atoms with Crippen LogP contribution in [0.2, 0.25) is 0 Å². The van der Waals surface area contributed by atoms with Gasteiger partial charge in [-0.15, -0.1) is 0 Å². The summed E-state index contributed by atoms with van der Waals surface area (Å²) in [6.45, 7) is 1.75. The number of benzene rings is 2. The van der Waals surface area contributed by atoms with E-state index in [0.717, 1.165) is 30.0 Å². The molecule has 3 aromatic rings. The van der Waals surface area contributed by atoms with Crippen LogP contribution in [-0.4, -0.2) is 30.3 Å². The predicted molar refractivity (Wildman–Crippen MR) is 116 cm³/mol. The number of nitrogens with zero attached hydrogens (tertiary/aromatic N) is 2. The molecule has 1 aromatic heterocycles. The first kappa shape index (κ1) is 19.7. The van der Waals surface area contributed by atoms with Crippen LogP contribution in [0.25, 0.3) is 0 Å². The van der Waals surface area contributed by atoms with Crippen LogP contribution in [0.5, 0.6) is 17.4 Å². The number of anilines is 1. The fourth-order valence-corrected chi connectivity index (χ4v) is 3.02. The molecule has 1 aliphatic rings. The van der Waals surface area contributed by atoms with Gasteiger partial charge in [0.25, 0.3) is 0 Å². The van der Waals surface area contributed by atoms with E-state index in [1.807, 2.05) is 66.7 Å². The van der Waals surface area contributed by atoms with Crippen LogP contribution in [0.3, 0.4) is 0 Å². The molecule has 0 aliphatic carbocycles. The van der Waals surface area contributed by atoms with Crippen molar-refractivity contribution in [2.24, 2.45) is 10.7 Å². The van der Waals surface area contributed by atoms with Crippen LogP contribution in [0, 0.1) is 0 Å². The highest BCUT2D eigenvalue weighted by atomic mass is 16.5. The molecule has 0 spiro atoms. The van der Waals surface area contributed by atoms with E-state index >= 15 is 0 Å². The molecule has 4 rings (SSSR count). The second-order valence-electron chi connectivity index (χ2n) is 6.88. The maximum Gasteiger partial charge on any atom is 0.213 e. The van der Waals surface area contributed by atoms with Crippen LogP contribution in [0.15, 0.2) is 77.9 Å². The van der Waals surface area contributed by atoms with Crippen LogP contribution < -0.4 is 20.5 Å². The van der Waals surface area contributed by atoms with Crippen LogP contribution >= 0.6 is 0 Å². The lowest BCUT2D eigenvalue weighted by Crippen LogP contribution is -2.22. The second-order valence-corrected chi connectivity index (χ2v) is 6.88. The molecule has 0 saturated carbocycles. The number of aromatic nitrogens is 1. The lowest BCUT2D eigenvalue weighted by Gasteiger charge is -2.11. The highest BCUT2D eigenvalue weighted by Crippen LogP contribution is 2.23. The summed E-state index contributed by atoms with van der Waals surface area (Å²) in [6.07, 6.45) is 2.66. The third-order valence-corrected chi connectivity index (χ3v) is 4.49. The molecule has 0 amide bonds. The Balaban J connectivity index is 1.34. The summed E-state index contributed by atoms with van der Waals surface area (Å²) in [4.78, 5) is 8.67. The molecule has 1 saturated heterocycles. The smallest absolute Gasteiger partial charge is 0.213 e. The molecule has 7 heteroatoms. The summed E-state index contributed by atoms with van der Waals surface area (Å²) >= 11 is 0. The first-order chi connectivity index (χ1) is 14.7. The van der Waals surface area contributed by atoms with Crippen LogP contribution in [0.4, 0.5) is 5.69 Å². The minimum Gasteiger partial charge on any atom is -0.472 e. The molecule has 3 N–H and O–H groups in total. The topological polar surface area (TPSA) is 91.0 Å². The average molecular weight is 404 g/mol. The molecule has 1 unspecified atom stereocenters. The average Bonchev–Trinajstić information content (AvgIpc) is 3.27. The zero-order valence-electron chi connectivity index (χ0n) is 16.5. The van der Waals surface area contributed by atoms with Gasteiger partial charge < -0.3 is 25.3 Å². The maximum absolute atomic E-state index is 6.06. The van der Waals surface area contributed by atoms with Crippen molar-refractivity contribution in [3.05, 3.63) is 78.5 Å². The Morgan fingerprint density at radius 3 is 2.80 bits per heavy atom. The molecule has 0 radical (unpaired) electrons. The summed E-state index contributed by atoms with van der Waals surface area (Å²) in [7, 11) is 0. The van der Waals surface area contributed by atoms with Crippen molar-refractivity contribution < 1.29 is 14.2 Å². The van der Waals surface area contributed by atoms with Crippen molar-refractivity contribution >= 4 is 11.6 Å². The molecule has 1 atom stereocenters. The molecule has 7 nitrogen and oxygen atoms in total. The fourth-order valence-electron chi connectivity index (χ4n) is 3.02. The number of aliphatic imine (C=N–C) groups is 1. The number of para-hydroxylation sites is 1. The standard InChI is InChI=1S/C23H24N4O3/c24-23(26-15-17-9-11-25-22(13-17)30-21-10-12-28-16-21)27-18-5-4-8-20(14-18)29-19-6-2-1-3-7-19/h1-9,11,13-14,21H,10,12,15-16H2,(H3,24,26,27). The van der Waals surface area contributed by atoms with Crippen LogP contribution in [0.1, 0.15) is 12.0 Å². The minimum atomic E-state index is 0.0633. The van der Waals surface area contributed by atoms with Gasteiger partial charge in [-0.25, -0.2) is 9.98 Å². The van der Waals surface area contributed by atoms with E-state index in [-0.39, 0.29) is 6.10 Å². The largest absolute Gasteiger partial charge is 0.472 e. The Bertz CT molecular complexity index is 989. The van der Waals surface area contributed by atoms with Gasteiger partial charge in [0, 0.05) is 30.4 Å². The molecule has 30 heavy (non-hydrogen) atoms. The predicted octanol–water partition coefficient (Wildman–Crippen LogP) is 3.97. The number of rotatable bonds is 7. The molecule has 2 heterocycles. The molecule has 1 aliphatic heterocycles. The van der Waals surface area contributed by atoms with Crippen molar-refractivity contribution in [3.8, 4) is 17.4 Å². The number of guanidine groups is 1. The first-order valence-electron chi connectivity index (χ1n) is 9.84. The van der Waals surface area contributed by atoms with Crippen molar-refractivity contribution in [2.45, 2.75) is 19.1 Å². The summed E-state index contributed by atoms with van der Waals surface area (Å²) in [6, 6.07) is 20.9. The maximum atomic E-state index is 6.06. The summed E-state index contributed by atoms with van der Waals surface area (Å²) in [5, 5.41) is 3.10. The molecular formula is C23H24N4O3. The van der Waals surface area contributed by atoms with E-state index < -0.39 is 0 Å². The van der Waals surface area contributed by atoms with Crippen molar-refractivity contribution in [2.75, 3.05) is 18.5 Å². The van der Waals surface area contributed by atoms with E-state index in [1.54, 1.807) is 6.20 Å². The molecular weight excluding hydrogens is 380 g/mol. The molecule has 154 valence electrons. The normalized spacial score (nSPS) is 16.3. The minimum absolute atomic E-state index is 0.0633. The van der Waals surface area contributed by atoms with Crippen LogP contribution in [-0.2, 0) is 11.3 Å². The lowest BCUT2D eigenvalue weighted by molar-refractivity contribution is 0.138. The number of nitrogens with two attached hydrogens (primary N) is 1. The van der Waals surface area contributed by atoms with Gasteiger partial charge in [-0.05, 0) is 35.9 Å². The zero-order chi connectivity index (χ0) is 20.6. The van der Waals surface area contributed by atoms with Gasteiger partial charge >= 0.3 is 0 Å². The van der Waals surface area contributed by atoms with Gasteiger partial charge in [-0.2, -0.15) is 0 Å². The summed E-state index contributed by atoms with van der Waals surface area (Å²) in [5.74, 6) is 2.38. The SMILES string of the molecule is NC(=NCc1ccnc(OC2CCOC2)c1)Nc1cccc(Oc2ccccc2)c1. The van der Waals surface area contributed by atoms with E-state index in [1.165, 1.54) is 0 Å². The number of ether oxygens (including phenoxy) is 3. The Morgan fingerprint density at radius 2 is 1.97 bits per heavy atom. The Hall–Kier alpha value is -3.58. The highest BCUT2D eigenvalue weighted by molar-refractivity contribution is 5.92.